The van der Waals surface area contributed by atoms with Crippen molar-refractivity contribution in [1.29, 1.82) is 0 Å². The normalized spacial score (nSPS) is 18.2. The summed E-state index contributed by atoms with van der Waals surface area (Å²) in [5, 5.41) is 8.83. The third kappa shape index (κ3) is 7.45. The van der Waals surface area contributed by atoms with Crippen molar-refractivity contribution in [3.63, 3.8) is 0 Å². The van der Waals surface area contributed by atoms with E-state index in [1.54, 1.807) is 19.2 Å². The van der Waals surface area contributed by atoms with Gasteiger partial charge in [0.2, 0.25) is 0 Å². The molecule has 208 valence electrons. The zero-order valence-corrected chi connectivity index (χ0v) is 23.2. The van der Waals surface area contributed by atoms with Gasteiger partial charge >= 0.3 is 11.3 Å². The minimum atomic E-state index is -0.463. The quantitative estimate of drug-likeness (QED) is 0.402. The van der Waals surface area contributed by atoms with E-state index in [2.05, 4.69) is 15.3 Å². The molecule has 0 bridgehead atoms. The molecule has 2 heterocycles. The first-order valence-electron chi connectivity index (χ1n) is 13.7. The molecule has 2 fully saturated rings. The summed E-state index contributed by atoms with van der Waals surface area (Å²) in [6, 6.07) is 13.2. The number of hydrogen-bond donors (Lipinski definition) is 1. The summed E-state index contributed by atoms with van der Waals surface area (Å²) >= 11 is 1.23. The van der Waals surface area contributed by atoms with E-state index in [1.807, 2.05) is 30.3 Å². The second-order valence-corrected chi connectivity index (χ2v) is 11.0. The van der Waals surface area contributed by atoms with Crippen molar-refractivity contribution in [2.24, 2.45) is 5.10 Å². The Labute approximate surface area is 233 Å². The van der Waals surface area contributed by atoms with E-state index in [0.717, 1.165) is 55.1 Å². The Balaban J connectivity index is 1.18. The number of anilines is 1. The zero-order chi connectivity index (χ0) is 27.0. The number of carbonyl (C=O) groups excluding carboxylic acids is 2. The van der Waals surface area contributed by atoms with Gasteiger partial charge in [0.15, 0.2) is 11.5 Å². The number of hydrazone groups is 1. The van der Waals surface area contributed by atoms with Crippen LogP contribution in [0.2, 0.25) is 0 Å². The van der Waals surface area contributed by atoms with Crippen molar-refractivity contribution in [3.8, 4) is 11.5 Å². The number of benzene rings is 2. The van der Waals surface area contributed by atoms with E-state index in [4.69, 9.17) is 14.2 Å². The van der Waals surface area contributed by atoms with E-state index in [0.29, 0.717) is 30.3 Å². The number of ether oxygens (including phenoxy) is 3. The number of nitrogens with one attached hydrogen (secondary N) is 1. The smallest absolute Gasteiger partial charge is 0.411 e. The molecule has 39 heavy (non-hydrogen) atoms. The molecule has 2 aromatic rings. The van der Waals surface area contributed by atoms with Gasteiger partial charge in [0.05, 0.1) is 25.5 Å². The van der Waals surface area contributed by atoms with Gasteiger partial charge in [0, 0.05) is 23.5 Å². The second-order valence-electron chi connectivity index (χ2n) is 10.1. The molecule has 9 nitrogen and oxygen atoms in total. The number of rotatable bonds is 10. The molecule has 1 N–H and O–H groups in total. The standard InChI is InChI=1S/C29H36N4O5S/c1-36-26-13-10-22(18-27(26)38-24-6-2-3-7-24)25-20-39-29(35)33(31-25)19-21-8-11-23(12-9-21)30-28(34)37-17-16-32-14-4-5-15-32/h8-13,18,24H,2-7,14-17,19-20H2,1H3,(H,30,34). The molecule has 5 rings (SSSR count). The third-order valence-electron chi connectivity index (χ3n) is 7.25. The van der Waals surface area contributed by atoms with Gasteiger partial charge in [0.1, 0.15) is 6.61 Å². The molecule has 2 aromatic carbocycles. The predicted molar refractivity (Wildman–Crippen MR) is 153 cm³/mol. The number of thioether (sulfide) groups is 1. The summed E-state index contributed by atoms with van der Waals surface area (Å²) in [5.41, 5.74) is 3.27. The summed E-state index contributed by atoms with van der Waals surface area (Å²) in [6.45, 7) is 3.62. The number of nitrogens with zero attached hydrogens (tertiary/aromatic N) is 3. The second kappa shape index (κ2) is 13.2. The summed E-state index contributed by atoms with van der Waals surface area (Å²) in [7, 11) is 1.64. The zero-order valence-electron chi connectivity index (χ0n) is 22.4. The van der Waals surface area contributed by atoms with E-state index in [9.17, 15) is 9.59 Å². The fourth-order valence-corrected chi connectivity index (χ4v) is 5.83. The molecule has 1 saturated heterocycles. The highest BCUT2D eigenvalue weighted by molar-refractivity contribution is 8.14. The van der Waals surface area contributed by atoms with Crippen LogP contribution in [0.25, 0.3) is 0 Å². The summed E-state index contributed by atoms with van der Waals surface area (Å²) in [5.74, 6) is 1.91. The van der Waals surface area contributed by atoms with Crippen LogP contribution in [0.5, 0.6) is 11.5 Å². The molecule has 0 unspecified atom stereocenters. The molecule has 2 amide bonds. The van der Waals surface area contributed by atoms with Crippen LogP contribution in [0.4, 0.5) is 15.3 Å². The first-order valence-corrected chi connectivity index (χ1v) is 14.7. The number of carbonyl (C=O) groups is 2. The Morgan fingerprint density at radius 2 is 1.82 bits per heavy atom. The molecular weight excluding hydrogens is 516 g/mol. The largest absolute Gasteiger partial charge is 0.493 e. The molecule has 1 aliphatic carbocycles. The average Bonchev–Trinajstić information content (AvgIpc) is 3.66. The van der Waals surface area contributed by atoms with Crippen molar-refractivity contribution >= 4 is 34.5 Å². The first kappa shape index (κ1) is 27.3. The van der Waals surface area contributed by atoms with Gasteiger partial charge in [-0.1, -0.05) is 23.9 Å². The topological polar surface area (TPSA) is 92.7 Å². The van der Waals surface area contributed by atoms with Crippen LogP contribution in [-0.4, -0.2) is 72.2 Å². The Morgan fingerprint density at radius 3 is 2.56 bits per heavy atom. The van der Waals surface area contributed by atoms with Crippen LogP contribution in [0.3, 0.4) is 0 Å². The average molecular weight is 553 g/mol. The monoisotopic (exact) mass is 552 g/mol. The van der Waals surface area contributed by atoms with Crippen molar-refractivity contribution in [3.05, 3.63) is 53.6 Å². The van der Waals surface area contributed by atoms with Crippen molar-refractivity contribution in [2.45, 2.75) is 51.2 Å². The molecule has 0 atom stereocenters. The van der Waals surface area contributed by atoms with Crippen LogP contribution in [0, 0.1) is 0 Å². The number of amides is 2. The summed E-state index contributed by atoms with van der Waals surface area (Å²) < 4.78 is 17.1. The van der Waals surface area contributed by atoms with Crippen LogP contribution in [0.15, 0.2) is 47.6 Å². The van der Waals surface area contributed by atoms with Gasteiger partial charge in [-0.05, 0) is 87.5 Å². The number of hydrogen-bond acceptors (Lipinski definition) is 8. The first-order chi connectivity index (χ1) is 19.1. The Morgan fingerprint density at radius 1 is 1.05 bits per heavy atom. The molecule has 10 heteroatoms. The van der Waals surface area contributed by atoms with Gasteiger partial charge in [-0.15, -0.1) is 0 Å². The maximum atomic E-state index is 12.6. The van der Waals surface area contributed by atoms with E-state index >= 15 is 0 Å². The lowest BCUT2D eigenvalue weighted by atomic mass is 10.1. The van der Waals surface area contributed by atoms with Crippen LogP contribution >= 0.6 is 11.8 Å². The van der Waals surface area contributed by atoms with Crippen LogP contribution < -0.4 is 14.8 Å². The van der Waals surface area contributed by atoms with Crippen LogP contribution in [-0.2, 0) is 11.3 Å². The Kier molecular flexibility index (Phi) is 9.26. The number of methoxy groups -OCH3 is 1. The van der Waals surface area contributed by atoms with Gasteiger partial charge in [-0.25, -0.2) is 9.80 Å². The van der Waals surface area contributed by atoms with Gasteiger partial charge < -0.3 is 14.2 Å². The molecule has 0 spiro atoms. The maximum absolute atomic E-state index is 12.6. The van der Waals surface area contributed by atoms with Gasteiger partial charge in [-0.2, -0.15) is 5.10 Å². The van der Waals surface area contributed by atoms with E-state index in [-0.39, 0.29) is 11.3 Å². The third-order valence-corrected chi connectivity index (χ3v) is 8.12. The van der Waals surface area contributed by atoms with Crippen molar-refractivity contribution in [1.82, 2.24) is 9.91 Å². The lowest BCUT2D eigenvalue weighted by Gasteiger charge is -2.24. The van der Waals surface area contributed by atoms with E-state index < -0.39 is 6.09 Å². The highest BCUT2D eigenvalue weighted by atomic mass is 32.2. The Hall–Kier alpha value is -3.24. The van der Waals surface area contributed by atoms with Gasteiger partial charge in [0.25, 0.3) is 0 Å². The predicted octanol–water partition coefficient (Wildman–Crippen LogP) is 5.73. The number of likely N-dealkylation sites (tertiary alicyclic amines) is 1. The molecule has 0 radical (unpaired) electrons. The highest BCUT2D eigenvalue weighted by Crippen LogP contribution is 2.33. The van der Waals surface area contributed by atoms with Crippen LogP contribution in [0.1, 0.15) is 49.7 Å². The fourth-order valence-electron chi connectivity index (χ4n) is 5.09. The van der Waals surface area contributed by atoms with Crippen molar-refractivity contribution < 1.29 is 23.8 Å². The minimum absolute atomic E-state index is 0.0986. The summed E-state index contributed by atoms with van der Waals surface area (Å²) in [6.07, 6.45) is 6.66. The fraction of sp³-hybridized carbons (Fsp3) is 0.483. The van der Waals surface area contributed by atoms with Crippen molar-refractivity contribution in [2.75, 3.05) is 44.4 Å². The lowest BCUT2D eigenvalue weighted by molar-refractivity contribution is 0.146. The van der Waals surface area contributed by atoms with E-state index in [1.165, 1.54) is 42.5 Å². The minimum Gasteiger partial charge on any atom is -0.493 e. The molecule has 1 saturated carbocycles. The Bertz CT molecular complexity index is 1180. The SMILES string of the molecule is COc1ccc(C2=NN(Cc3ccc(NC(=O)OCCN4CCCC4)cc3)C(=O)SC2)cc1OC1CCCC1. The summed E-state index contributed by atoms with van der Waals surface area (Å²) in [4.78, 5) is 27.1. The highest BCUT2D eigenvalue weighted by Gasteiger charge is 2.24. The van der Waals surface area contributed by atoms with Gasteiger partial charge in [-0.3, -0.25) is 15.0 Å². The molecule has 3 aliphatic rings. The molecule has 2 aliphatic heterocycles. The maximum Gasteiger partial charge on any atom is 0.411 e. The lowest BCUT2D eigenvalue weighted by Crippen LogP contribution is -2.29. The molecular formula is C29H36N4O5S. The molecule has 0 aromatic heterocycles.